The normalized spacial score (nSPS) is 10.0. The lowest BCUT2D eigenvalue weighted by Gasteiger charge is -2.10. The van der Waals surface area contributed by atoms with Crippen LogP contribution in [0.4, 0.5) is 11.4 Å². The quantitative estimate of drug-likeness (QED) is 0.179. The molecular formula is C22H15ClN4O4. The molecule has 9 heteroatoms. The number of azide groups is 1. The smallest absolute Gasteiger partial charge is 0.337 e. The summed E-state index contributed by atoms with van der Waals surface area (Å²) in [7, 11) is 1.24. The Bertz CT molecular complexity index is 1240. The second-order valence-electron chi connectivity index (χ2n) is 6.29. The summed E-state index contributed by atoms with van der Waals surface area (Å²) < 4.78 is 4.67. The number of hydrogen-bond donors (Lipinski definition) is 1. The lowest BCUT2D eigenvalue weighted by Crippen LogP contribution is -2.12. The number of amides is 1. The number of carbonyl (C=O) groups excluding carboxylic acids is 3. The van der Waals surface area contributed by atoms with Crippen LogP contribution >= 0.6 is 11.6 Å². The van der Waals surface area contributed by atoms with Gasteiger partial charge in [-0.05, 0) is 54.1 Å². The largest absolute Gasteiger partial charge is 0.465 e. The van der Waals surface area contributed by atoms with Crippen LogP contribution in [0, 0.1) is 0 Å². The molecule has 0 aromatic heterocycles. The van der Waals surface area contributed by atoms with E-state index in [1.807, 2.05) is 0 Å². The van der Waals surface area contributed by atoms with Gasteiger partial charge in [-0.3, -0.25) is 9.59 Å². The van der Waals surface area contributed by atoms with E-state index >= 15 is 0 Å². The summed E-state index contributed by atoms with van der Waals surface area (Å²) in [6, 6.07) is 16.7. The molecule has 3 aromatic carbocycles. The maximum absolute atomic E-state index is 13.0. The molecule has 0 spiro atoms. The van der Waals surface area contributed by atoms with Gasteiger partial charge in [-0.25, -0.2) is 4.79 Å². The van der Waals surface area contributed by atoms with E-state index in [1.54, 1.807) is 24.3 Å². The summed E-state index contributed by atoms with van der Waals surface area (Å²) in [6.07, 6.45) is 0. The molecule has 8 nitrogen and oxygen atoms in total. The van der Waals surface area contributed by atoms with Crippen molar-refractivity contribution >= 4 is 40.6 Å². The van der Waals surface area contributed by atoms with E-state index < -0.39 is 17.7 Å². The van der Waals surface area contributed by atoms with Crippen LogP contribution in [0.5, 0.6) is 0 Å². The van der Waals surface area contributed by atoms with E-state index in [-0.39, 0.29) is 22.4 Å². The van der Waals surface area contributed by atoms with E-state index in [0.29, 0.717) is 16.3 Å². The lowest BCUT2D eigenvalue weighted by molar-refractivity contribution is 0.0600. The monoisotopic (exact) mass is 434 g/mol. The predicted octanol–water partition coefficient (Wildman–Crippen LogP) is 5.55. The maximum Gasteiger partial charge on any atom is 0.337 e. The number of nitrogens with one attached hydrogen (secondary N) is 1. The van der Waals surface area contributed by atoms with Gasteiger partial charge in [0.15, 0.2) is 5.78 Å². The number of anilines is 1. The molecule has 0 saturated heterocycles. The number of esters is 1. The molecule has 0 atom stereocenters. The van der Waals surface area contributed by atoms with Crippen molar-refractivity contribution in [2.75, 3.05) is 12.4 Å². The number of halogens is 1. The Labute approximate surface area is 182 Å². The van der Waals surface area contributed by atoms with Gasteiger partial charge in [0.2, 0.25) is 0 Å². The molecule has 154 valence electrons. The first-order chi connectivity index (χ1) is 14.9. The third kappa shape index (κ3) is 5.08. The number of ether oxygens (including phenoxy) is 1. The van der Waals surface area contributed by atoms with E-state index in [9.17, 15) is 14.4 Å². The molecular weight excluding hydrogens is 420 g/mol. The first kappa shape index (κ1) is 21.6. The van der Waals surface area contributed by atoms with Crippen molar-refractivity contribution in [3.05, 3.63) is 104 Å². The average Bonchev–Trinajstić information content (AvgIpc) is 2.78. The summed E-state index contributed by atoms with van der Waals surface area (Å²) in [5.41, 5.74) is 10.1. The van der Waals surface area contributed by atoms with Crippen LogP contribution in [0.2, 0.25) is 5.02 Å². The number of carbonyl (C=O) groups is 3. The zero-order valence-electron chi connectivity index (χ0n) is 16.2. The molecule has 0 unspecified atom stereocenters. The molecule has 0 heterocycles. The summed E-state index contributed by atoms with van der Waals surface area (Å²) >= 11 is 5.91. The molecule has 31 heavy (non-hydrogen) atoms. The molecule has 0 bridgehead atoms. The van der Waals surface area contributed by atoms with Crippen molar-refractivity contribution < 1.29 is 19.1 Å². The minimum absolute atomic E-state index is 0.0277. The van der Waals surface area contributed by atoms with Gasteiger partial charge in [0.25, 0.3) is 5.91 Å². The minimum Gasteiger partial charge on any atom is -0.465 e. The fraction of sp³-hybridized carbons (Fsp3) is 0.0455. The summed E-state index contributed by atoms with van der Waals surface area (Å²) in [5, 5.41) is 6.66. The maximum atomic E-state index is 13.0. The number of methoxy groups -OCH3 is 1. The second kappa shape index (κ2) is 9.58. The first-order valence-electron chi connectivity index (χ1n) is 8.92. The van der Waals surface area contributed by atoms with Gasteiger partial charge in [0, 0.05) is 32.3 Å². The van der Waals surface area contributed by atoms with Gasteiger partial charge in [-0.15, -0.1) is 0 Å². The van der Waals surface area contributed by atoms with Crippen LogP contribution in [0.3, 0.4) is 0 Å². The third-order valence-electron chi connectivity index (χ3n) is 4.29. The highest BCUT2D eigenvalue weighted by Gasteiger charge is 2.17. The molecule has 0 radical (unpaired) electrons. The van der Waals surface area contributed by atoms with Crippen LogP contribution in [-0.4, -0.2) is 24.8 Å². The zero-order chi connectivity index (χ0) is 22.4. The van der Waals surface area contributed by atoms with Crippen molar-refractivity contribution in [3.8, 4) is 0 Å². The van der Waals surface area contributed by atoms with Gasteiger partial charge in [0.1, 0.15) is 0 Å². The topological polar surface area (TPSA) is 121 Å². The highest BCUT2D eigenvalue weighted by atomic mass is 35.5. The van der Waals surface area contributed by atoms with Crippen molar-refractivity contribution in [2.24, 2.45) is 5.11 Å². The Kier molecular flexibility index (Phi) is 6.67. The molecule has 1 amide bonds. The summed E-state index contributed by atoms with van der Waals surface area (Å²) in [6.45, 7) is 0. The van der Waals surface area contributed by atoms with E-state index in [2.05, 4.69) is 20.1 Å². The van der Waals surface area contributed by atoms with Crippen molar-refractivity contribution in [1.29, 1.82) is 0 Å². The molecule has 1 N–H and O–H groups in total. The zero-order valence-corrected chi connectivity index (χ0v) is 17.0. The highest BCUT2D eigenvalue weighted by molar-refractivity contribution is 6.31. The number of hydrogen-bond acceptors (Lipinski definition) is 5. The highest BCUT2D eigenvalue weighted by Crippen LogP contribution is 2.27. The van der Waals surface area contributed by atoms with E-state index in [1.165, 1.54) is 49.6 Å². The van der Waals surface area contributed by atoms with Crippen LogP contribution in [-0.2, 0) is 4.74 Å². The average molecular weight is 435 g/mol. The first-order valence-corrected chi connectivity index (χ1v) is 9.30. The summed E-state index contributed by atoms with van der Waals surface area (Å²) in [4.78, 5) is 39.9. The van der Waals surface area contributed by atoms with Crippen molar-refractivity contribution in [3.63, 3.8) is 0 Å². The SMILES string of the molecule is COC(=O)c1cccc(C(=O)c2ccc(NC(=O)c3cccc(Cl)c3)cc2N=[N+]=[N-])c1. The third-order valence-corrected chi connectivity index (χ3v) is 4.52. The number of nitrogens with zero attached hydrogens (tertiary/aromatic N) is 3. The molecule has 3 aromatic rings. The Morgan fingerprint density at radius 1 is 0.968 bits per heavy atom. The van der Waals surface area contributed by atoms with Gasteiger partial charge >= 0.3 is 5.97 Å². The van der Waals surface area contributed by atoms with Crippen LogP contribution in [0.15, 0.2) is 71.8 Å². The minimum atomic E-state index is -0.580. The molecule has 3 rings (SSSR count). The number of benzene rings is 3. The Morgan fingerprint density at radius 3 is 2.39 bits per heavy atom. The number of ketones is 1. The molecule has 0 saturated carbocycles. The molecule has 0 aliphatic rings. The van der Waals surface area contributed by atoms with Crippen molar-refractivity contribution in [1.82, 2.24) is 0 Å². The second-order valence-corrected chi connectivity index (χ2v) is 6.72. The van der Waals surface area contributed by atoms with Gasteiger partial charge in [0.05, 0.1) is 18.4 Å². The fourth-order valence-corrected chi connectivity index (χ4v) is 3.02. The number of rotatable bonds is 6. The van der Waals surface area contributed by atoms with Crippen LogP contribution in [0.1, 0.15) is 36.6 Å². The predicted molar refractivity (Wildman–Crippen MR) is 116 cm³/mol. The van der Waals surface area contributed by atoms with Crippen LogP contribution < -0.4 is 5.32 Å². The van der Waals surface area contributed by atoms with E-state index in [0.717, 1.165) is 0 Å². The van der Waals surface area contributed by atoms with Crippen molar-refractivity contribution in [2.45, 2.75) is 0 Å². The van der Waals surface area contributed by atoms with E-state index in [4.69, 9.17) is 17.1 Å². The summed E-state index contributed by atoms with van der Waals surface area (Å²) in [5.74, 6) is -1.45. The molecule has 0 fully saturated rings. The Balaban J connectivity index is 1.92. The van der Waals surface area contributed by atoms with Gasteiger partial charge < -0.3 is 10.1 Å². The Morgan fingerprint density at radius 2 is 1.68 bits per heavy atom. The Hall–Kier alpha value is -4.13. The van der Waals surface area contributed by atoms with Gasteiger partial charge in [-0.2, -0.15) is 0 Å². The van der Waals surface area contributed by atoms with Gasteiger partial charge in [-0.1, -0.05) is 34.9 Å². The lowest BCUT2D eigenvalue weighted by atomic mass is 9.99. The fourth-order valence-electron chi connectivity index (χ4n) is 2.83. The standard InChI is InChI=1S/C22H15ClN4O4/c1-31-22(30)15-6-2-4-13(10-15)20(28)18-9-8-17(12-19(18)26-27-24)25-21(29)14-5-3-7-16(23)11-14/h2-12H,1H3,(H,25,29). The molecule has 0 aliphatic heterocycles. The van der Waals surface area contributed by atoms with Crippen LogP contribution in [0.25, 0.3) is 10.4 Å². The molecule has 0 aliphatic carbocycles.